The van der Waals surface area contributed by atoms with Crippen LogP contribution in [0.5, 0.6) is 0 Å². The fourth-order valence-corrected chi connectivity index (χ4v) is 2.35. The Morgan fingerprint density at radius 2 is 2.10 bits per heavy atom. The van der Waals surface area contributed by atoms with E-state index in [4.69, 9.17) is 5.11 Å². The van der Waals surface area contributed by atoms with Gasteiger partial charge in [-0.1, -0.05) is 6.07 Å². The van der Waals surface area contributed by atoms with Gasteiger partial charge in [-0.15, -0.1) is 0 Å². The fourth-order valence-electron chi connectivity index (χ4n) is 2.35. The van der Waals surface area contributed by atoms with Gasteiger partial charge in [0.15, 0.2) is 0 Å². The fraction of sp³-hybridized carbons (Fsp3) is 0.462. The van der Waals surface area contributed by atoms with Crippen LogP contribution in [-0.4, -0.2) is 46.2 Å². The maximum absolute atomic E-state index is 13.0. The second-order valence-electron chi connectivity index (χ2n) is 4.87. The van der Waals surface area contributed by atoms with Gasteiger partial charge in [-0.2, -0.15) is 0 Å². The van der Waals surface area contributed by atoms with Gasteiger partial charge in [-0.05, 0) is 24.6 Å². The van der Waals surface area contributed by atoms with Gasteiger partial charge < -0.3 is 26.0 Å². The highest BCUT2D eigenvalue weighted by Gasteiger charge is 2.41. The zero-order valence-corrected chi connectivity index (χ0v) is 10.7. The molecular formula is C13H17FN2O4. The molecule has 0 unspecified atom stereocenters. The van der Waals surface area contributed by atoms with E-state index in [1.54, 1.807) is 0 Å². The van der Waals surface area contributed by atoms with Gasteiger partial charge in [0.1, 0.15) is 11.9 Å². The van der Waals surface area contributed by atoms with Crippen molar-refractivity contribution < 1.29 is 24.5 Å². The molecule has 1 aliphatic carbocycles. The molecule has 0 aromatic heterocycles. The van der Waals surface area contributed by atoms with Gasteiger partial charge >= 0.3 is 6.03 Å². The van der Waals surface area contributed by atoms with Crippen molar-refractivity contribution in [2.24, 2.45) is 5.92 Å². The van der Waals surface area contributed by atoms with E-state index in [1.165, 1.54) is 18.2 Å². The van der Waals surface area contributed by atoms with Crippen LogP contribution < -0.4 is 10.6 Å². The number of carbonyl (C=O) groups is 1. The molecule has 110 valence electrons. The molecule has 1 aromatic carbocycles. The minimum atomic E-state index is -1.13. The second kappa shape index (κ2) is 6.17. The lowest BCUT2D eigenvalue weighted by Crippen LogP contribution is -2.44. The van der Waals surface area contributed by atoms with Crippen LogP contribution in [-0.2, 0) is 0 Å². The Morgan fingerprint density at radius 3 is 2.70 bits per heavy atom. The number of amides is 2. The first-order valence-corrected chi connectivity index (χ1v) is 6.31. The number of urea groups is 1. The number of carbonyl (C=O) groups excluding carboxylic acids is 1. The molecule has 20 heavy (non-hydrogen) atoms. The van der Waals surface area contributed by atoms with Crippen molar-refractivity contribution in [3.05, 3.63) is 30.1 Å². The Labute approximate surface area is 115 Å². The molecule has 0 heterocycles. The van der Waals surface area contributed by atoms with E-state index in [9.17, 15) is 19.4 Å². The maximum Gasteiger partial charge on any atom is 0.319 e. The highest BCUT2D eigenvalue weighted by atomic mass is 19.1. The number of nitrogens with one attached hydrogen (secondary N) is 2. The zero-order chi connectivity index (χ0) is 14.7. The lowest BCUT2D eigenvalue weighted by Gasteiger charge is -2.18. The quantitative estimate of drug-likeness (QED) is 0.541. The topological polar surface area (TPSA) is 102 Å². The lowest BCUT2D eigenvalue weighted by molar-refractivity contribution is 0.000965. The summed E-state index contributed by atoms with van der Waals surface area (Å²) in [5.41, 5.74) is 0.286. The molecule has 0 spiro atoms. The van der Waals surface area contributed by atoms with E-state index in [-0.39, 0.29) is 18.7 Å². The molecule has 5 N–H and O–H groups in total. The summed E-state index contributed by atoms with van der Waals surface area (Å²) in [4.78, 5) is 11.7. The number of hydrogen-bond donors (Lipinski definition) is 5. The van der Waals surface area contributed by atoms with E-state index in [1.807, 2.05) is 0 Å². The summed E-state index contributed by atoms with van der Waals surface area (Å²) in [5, 5.41) is 33.4. The Hall–Kier alpha value is -1.70. The molecule has 0 aliphatic heterocycles. The Kier molecular flexibility index (Phi) is 4.53. The Morgan fingerprint density at radius 1 is 1.35 bits per heavy atom. The minimum absolute atomic E-state index is 0.262. The number of benzene rings is 1. The van der Waals surface area contributed by atoms with Crippen molar-refractivity contribution in [2.45, 2.75) is 24.7 Å². The first-order valence-electron chi connectivity index (χ1n) is 6.31. The van der Waals surface area contributed by atoms with Crippen LogP contribution in [0.25, 0.3) is 0 Å². The predicted molar refractivity (Wildman–Crippen MR) is 69.5 cm³/mol. The molecule has 1 aromatic rings. The summed E-state index contributed by atoms with van der Waals surface area (Å²) in [5.74, 6) is -0.941. The highest BCUT2D eigenvalue weighted by molar-refractivity contribution is 5.89. The number of halogens is 1. The molecule has 2 amide bonds. The summed E-state index contributed by atoms with van der Waals surface area (Å²) >= 11 is 0. The monoisotopic (exact) mass is 284 g/mol. The molecule has 1 fully saturated rings. The third-order valence-corrected chi connectivity index (χ3v) is 3.44. The van der Waals surface area contributed by atoms with Crippen LogP contribution in [0.1, 0.15) is 6.42 Å². The average Bonchev–Trinajstić information content (AvgIpc) is 2.66. The minimum Gasteiger partial charge on any atom is -0.396 e. The molecule has 0 bridgehead atoms. The van der Waals surface area contributed by atoms with Gasteiger partial charge in [-0.3, -0.25) is 0 Å². The van der Waals surface area contributed by atoms with Crippen molar-refractivity contribution in [3.8, 4) is 0 Å². The Balaban J connectivity index is 1.92. The van der Waals surface area contributed by atoms with Gasteiger partial charge in [-0.25, -0.2) is 9.18 Å². The molecular weight excluding hydrogens is 267 g/mol. The maximum atomic E-state index is 13.0. The third kappa shape index (κ3) is 3.24. The molecule has 4 atom stereocenters. The predicted octanol–water partition coefficient (Wildman–Crippen LogP) is 0.0498. The van der Waals surface area contributed by atoms with E-state index >= 15 is 0 Å². The van der Waals surface area contributed by atoms with E-state index in [2.05, 4.69) is 10.6 Å². The SMILES string of the molecule is O=C(Nc1cccc(F)c1)N[C@@H]1C[C@H](CO)[C@@H](O)[C@H]1O. The standard InChI is InChI=1S/C13H17FN2O4/c14-8-2-1-3-9(5-8)15-13(20)16-10-4-7(6-17)11(18)12(10)19/h1-3,5,7,10-12,17-19H,4,6H2,(H2,15,16,20)/t7-,10-,11-,12+/m1/s1. The average molecular weight is 284 g/mol. The number of aliphatic hydroxyl groups excluding tert-OH is 3. The van der Waals surface area contributed by atoms with E-state index in [0.717, 1.165) is 6.07 Å². The van der Waals surface area contributed by atoms with Crippen molar-refractivity contribution in [1.29, 1.82) is 0 Å². The van der Waals surface area contributed by atoms with Gasteiger partial charge in [0.25, 0.3) is 0 Å². The molecule has 0 saturated heterocycles. The molecule has 7 heteroatoms. The van der Waals surface area contributed by atoms with Crippen molar-refractivity contribution in [1.82, 2.24) is 5.32 Å². The lowest BCUT2D eigenvalue weighted by atomic mass is 10.1. The van der Waals surface area contributed by atoms with Crippen LogP contribution in [0.15, 0.2) is 24.3 Å². The largest absolute Gasteiger partial charge is 0.396 e. The molecule has 1 aliphatic rings. The summed E-state index contributed by atoms with van der Waals surface area (Å²) in [6.45, 7) is -0.262. The van der Waals surface area contributed by atoms with Crippen LogP contribution >= 0.6 is 0 Å². The molecule has 2 rings (SSSR count). The summed E-state index contributed by atoms with van der Waals surface area (Å²) < 4.78 is 13.0. The van der Waals surface area contributed by atoms with Crippen LogP contribution in [0.4, 0.5) is 14.9 Å². The van der Waals surface area contributed by atoms with Crippen LogP contribution in [0, 0.1) is 11.7 Å². The molecule has 1 saturated carbocycles. The van der Waals surface area contributed by atoms with Crippen molar-refractivity contribution in [3.63, 3.8) is 0 Å². The number of hydrogen-bond acceptors (Lipinski definition) is 4. The first-order chi connectivity index (χ1) is 9.51. The van der Waals surface area contributed by atoms with Crippen molar-refractivity contribution in [2.75, 3.05) is 11.9 Å². The molecule has 0 radical (unpaired) electrons. The van der Waals surface area contributed by atoms with Gasteiger partial charge in [0.2, 0.25) is 0 Å². The second-order valence-corrected chi connectivity index (χ2v) is 4.87. The van der Waals surface area contributed by atoms with E-state index < -0.39 is 36.0 Å². The van der Waals surface area contributed by atoms with Crippen LogP contribution in [0.2, 0.25) is 0 Å². The van der Waals surface area contributed by atoms with Crippen LogP contribution in [0.3, 0.4) is 0 Å². The normalized spacial score (nSPS) is 29.2. The summed E-state index contributed by atoms with van der Waals surface area (Å²) in [7, 11) is 0. The number of aliphatic hydroxyl groups is 3. The van der Waals surface area contributed by atoms with E-state index in [0.29, 0.717) is 0 Å². The van der Waals surface area contributed by atoms with Crippen molar-refractivity contribution >= 4 is 11.7 Å². The molecule has 6 nitrogen and oxygen atoms in total. The van der Waals surface area contributed by atoms with Gasteiger partial charge in [0, 0.05) is 18.2 Å². The summed E-state index contributed by atoms with van der Waals surface area (Å²) in [6, 6.07) is 4.14. The Bertz CT molecular complexity index is 485. The number of rotatable bonds is 3. The summed E-state index contributed by atoms with van der Waals surface area (Å²) in [6.07, 6.45) is -1.93. The van der Waals surface area contributed by atoms with Gasteiger partial charge in [0.05, 0.1) is 12.1 Å². The zero-order valence-electron chi connectivity index (χ0n) is 10.7. The highest BCUT2D eigenvalue weighted by Crippen LogP contribution is 2.26. The third-order valence-electron chi connectivity index (χ3n) is 3.44. The number of anilines is 1. The smallest absolute Gasteiger partial charge is 0.319 e. The first kappa shape index (κ1) is 14.7.